The summed E-state index contributed by atoms with van der Waals surface area (Å²) in [4.78, 5) is 12.9. The van der Waals surface area contributed by atoms with Crippen LogP contribution in [0.4, 0.5) is 0 Å². The summed E-state index contributed by atoms with van der Waals surface area (Å²) in [7, 11) is 0. The number of ether oxygens (including phenoxy) is 4. The molecule has 43 heavy (non-hydrogen) atoms. The van der Waals surface area contributed by atoms with E-state index in [0.29, 0.717) is 0 Å². The van der Waals surface area contributed by atoms with E-state index in [0.717, 1.165) is 12.1 Å². The number of phenols is 2. The summed E-state index contributed by atoms with van der Waals surface area (Å²) in [5.74, 6) is -1.54. The van der Waals surface area contributed by atoms with E-state index in [-0.39, 0.29) is 33.8 Å². The Morgan fingerprint density at radius 1 is 0.674 bits per heavy atom. The van der Waals surface area contributed by atoms with Crippen LogP contribution in [0.2, 0.25) is 0 Å². The third kappa shape index (κ3) is 5.85. The number of benzene rings is 2. The Hall–Kier alpha value is -3.55. The van der Waals surface area contributed by atoms with Crippen LogP contribution >= 0.6 is 0 Å². The molecule has 2 aliphatic rings. The Bertz CT molecular complexity index is 1500. The average Bonchev–Trinajstić information content (AvgIpc) is 2.98. The van der Waals surface area contributed by atoms with Gasteiger partial charge in [0.1, 0.15) is 77.1 Å². The van der Waals surface area contributed by atoms with Crippen LogP contribution in [-0.4, -0.2) is 126 Å². The van der Waals surface area contributed by atoms with Crippen LogP contribution in [0.1, 0.15) is 0 Å². The van der Waals surface area contributed by atoms with E-state index in [1.54, 1.807) is 0 Å². The predicted molar refractivity (Wildman–Crippen MR) is 140 cm³/mol. The largest absolute Gasteiger partial charge is 0.507 e. The number of aliphatic hydroxyl groups is 8. The van der Waals surface area contributed by atoms with E-state index in [2.05, 4.69) is 0 Å². The lowest BCUT2D eigenvalue weighted by Gasteiger charge is -2.39. The van der Waals surface area contributed by atoms with Gasteiger partial charge in [-0.1, -0.05) is 0 Å². The van der Waals surface area contributed by atoms with Crippen molar-refractivity contribution in [3.05, 3.63) is 46.6 Å². The monoisotopic (exact) mass is 610 g/mol. The molecule has 3 aromatic rings. The van der Waals surface area contributed by atoms with Crippen molar-refractivity contribution in [1.82, 2.24) is 0 Å². The minimum absolute atomic E-state index is 0.0828. The van der Waals surface area contributed by atoms with Gasteiger partial charge in [0.05, 0.1) is 13.2 Å². The second kappa shape index (κ2) is 12.2. The average molecular weight is 611 g/mol. The highest BCUT2D eigenvalue weighted by molar-refractivity contribution is 5.86. The van der Waals surface area contributed by atoms with Crippen LogP contribution in [-0.2, 0) is 9.47 Å². The van der Waals surface area contributed by atoms with Gasteiger partial charge in [0.2, 0.25) is 12.6 Å². The molecule has 3 heterocycles. The summed E-state index contributed by atoms with van der Waals surface area (Å²) < 4.78 is 27.5. The molecule has 2 aromatic carbocycles. The summed E-state index contributed by atoms with van der Waals surface area (Å²) in [5, 5.41) is 99.9. The zero-order valence-electron chi connectivity index (χ0n) is 22.1. The van der Waals surface area contributed by atoms with Gasteiger partial charge in [-0.05, 0) is 18.2 Å². The quantitative estimate of drug-likeness (QED) is 0.130. The highest BCUT2D eigenvalue weighted by Crippen LogP contribution is 2.37. The molecule has 0 amide bonds. The van der Waals surface area contributed by atoms with Crippen molar-refractivity contribution in [2.75, 3.05) is 13.2 Å². The lowest BCUT2D eigenvalue weighted by atomic mass is 9.99. The van der Waals surface area contributed by atoms with Gasteiger partial charge in [0, 0.05) is 23.8 Å². The number of phenolic OH excluding ortho intramolecular Hbond substituents is 2. The van der Waals surface area contributed by atoms with Crippen LogP contribution in [0.3, 0.4) is 0 Å². The lowest BCUT2D eigenvalue weighted by molar-refractivity contribution is -0.277. The van der Waals surface area contributed by atoms with Gasteiger partial charge in [-0.3, -0.25) is 4.79 Å². The van der Waals surface area contributed by atoms with E-state index >= 15 is 0 Å². The summed E-state index contributed by atoms with van der Waals surface area (Å²) in [6, 6.07) is 7.02. The first-order chi connectivity index (χ1) is 20.4. The predicted octanol–water partition coefficient (Wildman–Crippen LogP) is -2.77. The molecular formula is C27H30O16. The normalized spacial score (nSPS) is 32.9. The minimum atomic E-state index is -1.76. The molecule has 10 atom stereocenters. The highest BCUT2D eigenvalue weighted by atomic mass is 16.7. The molecule has 5 rings (SSSR count). The molecule has 0 spiro atoms. The Labute approximate surface area is 241 Å². The molecule has 16 nitrogen and oxygen atoms in total. The number of aromatic hydroxyl groups is 2. The maximum atomic E-state index is 12.9. The van der Waals surface area contributed by atoms with Gasteiger partial charge in [-0.2, -0.15) is 0 Å². The molecule has 2 fully saturated rings. The van der Waals surface area contributed by atoms with E-state index in [9.17, 15) is 55.9 Å². The Kier molecular flexibility index (Phi) is 8.77. The molecule has 0 bridgehead atoms. The van der Waals surface area contributed by atoms with Crippen LogP contribution in [0, 0.1) is 0 Å². The van der Waals surface area contributed by atoms with Crippen LogP contribution < -0.4 is 14.9 Å². The maximum Gasteiger partial charge on any atom is 0.229 e. The Balaban J connectivity index is 1.45. The fourth-order valence-corrected chi connectivity index (χ4v) is 4.80. The summed E-state index contributed by atoms with van der Waals surface area (Å²) in [6.07, 6.45) is -15.9. The van der Waals surface area contributed by atoms with E-state index in [4.69, 9.17) is 23.4 Å². The van der Waals surface area contributed by atoms with E-state index < -0.39 is 91.6 Å². The lowest BCUT2D eigenvalue weighted by Crippen LogP contribution is -2.60. The smallest absolute Gasteiger partial charge is 0.229 e. The second-order valence-electron chi connectivity index (χ2n) is 10.1. The highest BCUT2D eigenvalue weighted by Gasteiger charge is 2.46. The molecule has 1 aromatic heterocycles. The van der Waals surface area contributed by atoms with Gasteiger partial charge in [-0.15, -0.1) is 0 Å². The summed E-state index contributed by atoms with van der Waals surface area (Å²) in [5.41, 5.74) is -0.708. The third-order valence-corrected chi connectivity index (χ3v) is 7.22. The van der Waals surface area contributed by atoms with Gasteiger partial charge < -0.3 is 74.4 Å². The first-order valence-corrected chi connectivity index (χ1v) is 13.0. The first kappa shape index (κ1) is 30.9. The van der Waals surface area contributed by atoms with E-state index in [1.165, 1.54) is 24.3 Å². The van der Waals surface area contributed by atoms with Gasteiger partial charge >= 0.3 is 0 Å². The number of aliphatic hydroxyl groups excluding tert-OH is 8. The second-order valence-corrected chi connectivity index (χ2v) is 10.1. The van der Waals surface area contributed by atoms with Crippen molar-refractivity contribution in [3.63, 3.8) is 0 Å². The molecule has 2 saturated heterocycles. The van der Waals surface area contributed by atoms with Crippen molar-refractivity contribution in [3.8, 4) is 34.3 Å². The van der Waals surface area contributed by atoms with E-state index in [1.807, 2.05) is 0 Å². The van der Waals surface area contributed by atoms with Crippen LogP contribution in [0.5, 0.6) is 23.0 Å². The molecule has 0 saturated carbocycles. The molecule has 0 radical (unpaired) electrons. The topological polar surface area (TPSA) is 269 Å². The van der Waals surface area contributed by atoms with Gasteiger partial charge in [-0.25, -0.2) is 0 Å². The molecule has 2 aliphatic heterocycles. The fourth-order valence-electron chi connectivity index (χ4n) is 4.80. The Morgan fingerprint density at radius 3 is 1.84 bits per heavy atom. The molecule has 234 valence electrons. The molecular weight excluding hydrogens is 580 g/mol. The van der Waals surface area contributed by atoms with Crippen LogP contribution in [0.25, 0.3) is 22.3 Å². The fraction of sp³-hybridized carbons (Fsp3) is 0.444. The zero-order chi connectivity index (χ0) is 31.2. The van der Waals surface area contributed by atoms with Crippen molar-refractivity contribution in [2.24, 2.45) is 0 Å². The van der Waals surface area contributed by atoms with Crippen molar-refractivity contribution in [2.45, 2.75) is 61.4 Å². The van der Waals surface area contributed by atoms with Crippen LogP contribution in [0.15, 0.2) is 45.6 Å². The minimum Gasteiger partial charge on any atom is -0.507 e. The summed E-state index contributed by atoms with van der Waals surface area (Å²) in [6.45, 7) is -1.39. The standard InChI is InChI=1S/C27H30O16/c28-7-17-20(33)22(35)24(37)26(42-17)39-10-4-12(31)19-13(32)6-14(40-16(19)5-10)9-1-2-11(30)15(3-9)41-27-25(38)23(36)21(34)18(8-29)43-27/h1-6,17-18,20-31,33-38H,7-8H2/t17-,18-,20-,21-,22-,23-,24+,25+,26-,27-/m1/s1. The molecule has 0 aliphatic carbocycles. The molecule has 10 N–H and O–H groups in total. The van der Waals surface area contributed by atoms with Gasteiger partial charge in [0.25, 0.3) is 0 Å². The SMILES string of the molecule is O=c1cc(-c2ccc(O)c(O[C@@H]3O[C@H](CO)[C@@H](O)[C@@H](O)[C@@H]3O)c2)oc2cc(O[C@@H]3O[C@H](CO)[C@@H](O)[C@@H](O)[C@@H]3O)cc(O)c12. The number of rotatable bonds is 7. The zero-order valence-corrected chi connectivity index (χ0v) is 22.1. The molecule has 16 heteroatoms. The first-order valence-electron chi connectivity index (χ1n) is 13.0. The summed E-state index contributed by atoms with van der Waals surface area (Å²) >= 11 is 0. The number of hydrogen-bond donors (Lipinski definition) is 10. The van der Waals surface area contributed by atoms with Crippen molar-refractivity contribution in [1.29, 1.82) is 0 Å². The third-order valence-electron chi connectivity index (χ3n) is 7.22. The molecule has 0 unspecified atom stereocenters. The van der Waals surface area contributed by atoms with Crippen molar-refractivity contribution >= 4 is 11.0 Å². The number of hydrogen-bond acceptors (Lipinski definition) is 16. The Morgan fingerprint density at radius 2 is 1.26 bits per heavy atom. The number of fused-ring (bicyclic) bond motifs is 1. The van der Waals surface area contributed by atoms with Crippen molar-refractivity contribution < 1.29 is 74.4 Å². The maximum absolute atomic E-state index is 12.9. The van der Waals surface area contributed by atoms with Gasteiger partial charge in [0.15, 0.2) is 16.9 Å².